The minimum absolute atomic E-state index is 0.355. The van der Waals surface area contributed by atoms with Crippen molar-refractivity contribution in [2.24, 2.45) is 0 Å². The second kappa shape index (κ2) is 11.1. The summed E-state index contributed by atoms with van der Waals surface area (Å²) in [5.41, 5.74) is 0. The number of hydrogen-bond donors (Lipinski definition) is 1. The molecule has 21 heavy (non-hydrogen) atoms. The number of hydrogen-bond acceptors (Lipinski definition) is 3. The van der Waals surface area contributed by atoms with Gasteiger partial charge < -0.3 is 14.6 Å². The van der Waals surface area contributed by atoms with Gasteiger partial charge in [0, 0.05) is 20.1 Å². The molecule has 114 valence electrons. The first-order chi connectivity index (χ1) is 10.1. The van der Waals surface area contributed by atoms with Gasteiger partial charge in [-0.15, -0.1) is 0 Å². The lowest BCUT2D eigenvalue weighted by Crippen LogP contribution is -2.02. The Kier molecular flexibility index (Phi) is 9.77. The van der Waals surface area contributed by atoms with Crippen LogP contribution in [0.4, 0.5) is 0 Å². The van der Waals surface area contributed by atoms with Crippen LogP contribution in [0.1, 0.15) is 6.42 Å². The molecule has 0 radical (unpaired) electrons. The van der Waals surface area contributed by atoms with Crippen molar-refractivity contribution in [2.75, 3.05) is 20.3 Å². The van der Waals surface area contributed by atoms with Crippen LogP contribution < -0.4 is 4.74 Å². The Morgan fingerprint density at radius 2 is 1.52 bits per heavy atom. The summed E-state index contributed by atoms with van der Waals surface area (Å²) in [6.45, 7) is 1.47. The van der Waals surface area contributed by atoms with Gasteiger partial charge in [-0.3, -0.25) is 0 Å². The zero-order valence-corrected chi connectivity index (χ0v) is 16.1. The number of rotatable bonds is 5. The van der Waals surface area contributed by atoms with E-state index in [0.29, 0.717) is 12.4 Å². The van der Waals surface area contributed by atoms with E-state index in [2.05, 4.69) is 45.2 Å². The summed E-state index contributed by atoms with van der Waals surface area (Å²) >= 11 is 4.34. The van der Waals surface area contributed by atoms with Crippen molar-refractivity contribution < 1.29 is 14.6 Å². The highest BCUT2D eigenvalue weighted by Gasteiger charge is 1.97. The third kappa shape index (κ3) is 7.87. The Hall–Kier alpha value is -0.540. The minimum atomic E-state index is 0.355. The largest absolute Gasteiger partial charge is 0.507 e. The van der Waals surface area contributed by atoms with Crippen molar-refractivity contribution in [3.05, 3.63) is 55.7 Å². The Bertz CT molecular complexity index is 511. The molecule has 0 aliphatic carbocycles. The van der Waals surface area contributed by atoms with Gasteiger partial charge in [0.15, 0.2) is 0 Å². The first-order valence-corrected chi connectivity index (χ1v) is 8.60. The van der Waals surface area contributed by atoms with Gasteiger partial charge in [0.1, 0.15) is 11.5 Å². The average Bonchev–Trinajstić information content (AvgIpc) is 2.49. The monoisotopic (exact) mass is 512 g/mol. The Morgan fingerprint density at radius 3 is 2.05 bits per heavy atom. The van der Waals surface area contributed by atoms with Gasteiger partial charge in [0.2, 0.25) is 0 Å². The van der Waals surface area contributed by atoms with Crippen molar-refractivity contribution in [1.82, 2.24) is 0 Å². The number of benzene rings is 2. The fraction of sp³-hybridized carbons (Fsp3) is 0.250. The number of ether oxygens (including phenoxy) is 2. The van der Waals surface area contributed by atoms with Gasteiger partial charge >= 0.3 is 0 Å². The van der Waals surface area contributed by atoms with Crippen LogP contribution in [0.2, 0.25) is 0 Å². The van der Waals surface area contributed by atoms with Crippen molar-refractivity contribution in [3.63, 3.8) is 0 Å². The molecule has 0 saturated carbocycles. The van der Waals surface area contributed by atoms with E-state index in [9.17, 15) is 0 Å². The normalized spacial score (nSPS) is 9.67. The average molecular weight is 512 g/mol. The lowest BCUT2D eigenvalue weighted by Gasteiger charge is -2.06. The number of phenols is 1. The summed E-state index contributed by atoms with van der Waals surface area (Å²) < 4.78 is 12.5. The molecule has 0 atom stereocenters. The highest BCUT2D eigenvalue weighted by atomic mass is 127. The molecular weight excluding hydrogens is 494 g/mol. The zero-order valence-electron chi connectivity index (χ0n) is 11.8. The van der Waals surface area contributed by atoms with Crippen molar-refractivity contribution in [1.29, 1.82) is 0 Å². The molecular formula is C16H18I2O3. The van der Waals surface area contributed by atoms with Gasteiger partial charge in [-0.25, -0.2) is 0 Å². The van der Waals surface area contributed by atoms with Crippen LogP contribution in [0, 0.1) is 7.14 Å². The summed E-state index contributed by atoms with van der Waals surface area (Å²) in [6, 6.07) is 15.2. The summed E-state index contributed by atoms with van der Waals surface area (Å²) in [5, 5.41) is 8.91. The van der Waals surface area contributed by atoms with Gasteiger partial charge in [0.05, 0.1) is 13.7 Å². The van der Waals surface area contributed by atoms with Crippen LogP contribution >= 0.6 is 45.2 Å². The molecule has 0 aliphatic rings. The van der Waals surface area contributed by atoms with Gasteiger partial charge in [-0.2, -0.15) is 0 Å². The molecule has 0 aliphatic heterocycles. The molecule has 2 aromatic carbocycles. The predicted octanol–water partition coefficient (Wildman–Crippen LogP) is 4.70. The SMILES string of the molecule is COCCCOc1ccccc1I.Oc1ccccc1I. The number of aromatic hydroxyl groups is 1. The summed E-state index contributed by atoms with van der Waals surface area (Å²) in [4.78, 5) is 0. The Balaban J connectivity index is 0.000000235. The highest BCUT2D eigenvalue weighted by molar-refractivity contribution is 14.1. The Labute approximate surface area is 152 Å². The van der Waals surface area contributed by atoms with E-state index in [4.69, 9.17) is 14.6 Å². The second-order valence-corrected chi connectivity index (χ2v) is 6.40. The lowest BCUT2D eigenvalue weighted by atomic mass is 10.3. The first-order valence-electron chi connectivity index (χ1n) is 6.45. The summed E-state index contributed by atoms with van der Waals surface area (Å²) in [5.74, 6) is 1.31. The third-order valence-corrected chi connectivity index (χ3v) is 4.24. The quantitative estimate of drug-likeness (QED) is 0.467. The molecule has 0 aromatic heterocycles. The van der Waals surface area contributed by atoms with Gasteiger partial charge in [-0.05, 0) is 69.4 Å². The van der Waals surface area contributed by atoms with E-state index in [1.54, 1.807) is 19.2 Å². The molecule has 0 bridgehead atoms. The summed E-state index contributed by atoms with van der Waals surface area (Å²) in [6.07, 6.45) is 0.932. The molecule has 0 amide bonds. The van der Waals surface area contributed by atoms with E-state index in [-0.39, 0.29) is 0 Å². The van der Waals surface area contributed by atoms with Crippen LogP contribution in [-0.2, 0) is 4.74 Å². The zero-order chi connectivity index (χ0) is 15.5. The smallest absolute Gasteiger partial charge is 0.132 e. The Morgan fingerprint density at radius 1 is 0.905 bits per heavy atom. The molecule has 0 saturated heterocycles. The van der Waals surface area contributed by atoms with Crippen LogP contribution in [-0.4, -0.2) is 25.4 Å². The van der Waals surface area contributed by atoms with E-state index in [0.717, 1.165) is 25.9 Å². The van der Waals surface area contributed by atoms with E-state index < -0.39 is 0 Å². The summed E-state index contributed by atoms with van der Waals surface area (Å²) in [7, 11) is 1.70. The van der Waals surface area contributed by atoms with Crippen LogP contribution in [0.3, 0.4) is 0 Å². The van der Waals surface area contributed by atoms with Gasteiger partial charge in [0.25, 0.3) is 0 Å². The number of halogens is 2. The molecule has 1 N–H and O–H groups in total. The molecule has 0 fully saturated rings. The molecule has 2 aromatic rings. The maximum atomic E-state index is 8.91. The standard InChI is InChI=1S/C10H13IO2.C6H5IO/c1-12-7-4-8-13-10-6-3-2-5-9(10)11;7-5-3-1-2-4-6(5)8/h2-3,5-6H,4,7-8H2,1H3;1-4,8H. The van der Waals surface area contributed by atoms with Crippen LogP contribution in [0.5, 0.6) is 11.5 Å². The minimum Gasteiger partial charge on any atom is -0.507 e. The van der Waals surface area contributed by atoms with Crippen LogP contribution in [0.25, 0.3) is 0 Å². The maximum Gasteiger partial charge on any atom is 0.132 e. The molecule has 0 unspecified atom stereocenters. The van der Waals surface area contributed by atoms with Crippen molar-refractivity contribution >= 4 is 45.2 Å². The number of phenolic OH excluding ortho intramolecular Hbond substituents is 1. The second-order valence-electron chi connectivity index (χ2n) is 4.08. The van der Waals surface area contributed by atoms with Crippen molar-refractivity contribution in [2.45, 2.75) is 6.42 Å². The van der Waals surface area contributed by atoms with E-state index in [1.807, 2.05) is 36.4 Å². The molecule has 3 nitrogen and oxygen atoms in total. The molecule has 0 spiro atoms. The first kappa shape index (κ1) is 18.5. The predicted molar refractivity (Wildman–Crippen MR) is 102 cm³/mol. The molecule has 2 rings (SSSR count). The fourth-order valence-corrected chi connectivity index (χ4v) is 2.33. The fourth-order valence-electron chi connectivity index (χ4n) is 1.40. The van der Waals surface area contributed by atoms with Crippen molar-refractivity contribution in [3.8, 4) is 11.5 Å². The van der Waals surface area contributed by atoms with Crippen LogP contribution in [0.15, 0.2) is 48.5 Å². The molecule has 0 heterocycles. The maximum absolute atomic E-state index is 8.91. The number of para-hydroxylation sites is 2. The topological polar surface area (TPSA) is 38.7 Å². The molecule has 5 heteroatoms. The third-order valence-electron chi connectivity index (χ3n) is 2.44. The number of methoxy groups -OCH3 is 1. The van der Waals surface area contributed by atoms with E-state index in [1.165, 1.54) is 0 Å². The highest BCUT2D eigenvalue weighted by Crippen LogP contribution is 2.19. The lowest BCUT2D eigenvalue weighted by molar-refractivity contribution is 0.172. The van der Waals surface area contributed by atoms with E-state index >= 15 is 0 Å². The van der Waals surface area contributed by atoms with Gasteiger partial charge in [-0.1, -0.05) is 24.3 Å².